The van der Waals surface area contributed by atoms with Crippen LogP contribution in [0.2, 0.25) is 0 Å². The van der Waals surface area contributed by atoms with Crippen molar-refractivity contribution in [3.8, 4) is 0 Å². The molecule has 1 aromatic rings. The SMILES string of the molecule is CCc1ccc(C(=O)N(CC)C2CCS(=O)(=O)C2)cc1. The largest absolute Gasteiger partial charge is 0.335 e. The molecule has 1 aliphatic rings. The third-order valence-corrected chi connectivity index (χ3v) is 5.61. The van der Waals surface area contributed by atoms with Crippen LogP contribution in [0.15, 0.2) is 24.3 Å². The minimum atomic E-state index is -2.97. The van der Waals surface area contributed by atoms with Crippen molar-refractivity contribution in [1.29, 1.82) is 0 Å². The maximum Gasteiger partial charge on any atom is 0.254 e. The van der Waals surface area contributed by atoms with Crippen molar-refractivity contribution in [3.63, 3.8) is 0 Å². The van der Waals surface area contributed by atoms with Crippen LogP contribution in [0.5, 0.6) is 0 Å². The fraction of sp³-hybridized carbons (Fsp3) is 0.533. The zero-order chi connectivity index (χ0) is 14.8. The maximum atomic E-state index is 12.5. The Balaban J connectivity index is 2.16. The summed E-state index contributed by atoms with van der Waals surface area (Å²) < 4.78 is 23.1. The first kappa shape index (κ1) is 15.0. The molecule has 110 valence electrons. The summed E-state index contributed by atoms with van der Waals surface area (Å²) in [5.41, 5.74) is 1.82. The molecule has 5 heteroatoms. The molecule has 2 rings (SSSR count). The van der Waals surface area contributed by atoms with Gasteiger partial charge in [-0.15, -0.1) is 0 Å². The van der Waals surface area contributed by atoms with Crippen LogP contribution < -0.4 is 0 Å². The first-order chi connectivity index (χ1) is 9.46. The zero-order valence-corrected chi connectivity index (χ0v) is 12.8. The van der Waals surface area contributed by atoms with Gasteiger partial charge in [0.2, 0.25) is 0 Å². The van der Waals surface area contributed by atoms with Crippen LogP contribution >= 0.6 is 0 Å². The predicted octanol–water partition coefficient (Wildman–Crippen LogP) is 1.90. The van der Waals surface area contributed by atoms with Gasteiger partial charge in [-0.1, -0.05) is 19.1 Å². The van der Waals surface area contributed by atoms with Crippen LogP contribution in [-0.2, 0) is 16.3 Å². The summed E-state index contributed by atoms with van der Waals surface area (Å²) >= 11 is 0. The van der Waals surface area contributed by atoms with Gasteiger partial charge in [-0.05, 0) is 37.5 Å². The van der Waals surface area contributed by atoms with Crippen molar-refractivity contribution in [3.05, 3.63) is 35.4 Å². The molecule has 1 unspecified atom stereocenters. The van der Waals surface area contributed by atoms with E-state index in [-0.39, 0.29) is 23.5 Å². The Kier molecular flexibility index (Phi) is 4.48. The number of sulfone groups is 1. The summed E-state index contributed by atoms with van der Waals surface area (Å²) in [4.78, 5) is 14.2. The highest BCUT2D eigenvalue weighted by atomic mass is 32.2. The lowest BCUT2D eigenvalue weighted by Crippen LogP contribution is -2.40. The number of carbonyl (C=O) groups is 1. The molecule has 0 aromatic heterocycles. The van der Waals surface area contributed by atoms with Crippen molar-refractivity contribution >= 4 is 15.7 Å². The highest BCUT2D eigenvalue weighted by Gasteiger charge is 2.34. The van der Waals surface area contributed by atoms with E-state index in [1.165, 1.54) is 5.56 Å². The molecule has 0 spiro atoms. The van der Waals surface area contributed by atoms with Crippen molar-refractivity contribution in [1.82, 2.24) is 4.90 Å². The van der Waals surface area contributed by atoms with Crippen molar-refractivity contribution in [2.75, 3.05) is 18.1 Å². The summed E-state index contributed by atoms with van der Waals surface area (Å²) in [5.74, 6) is 0.216. The van der Waals surface area contributed by atoms with E-state index in [1.807, 2.05) is 31.2 Å². The molecule has 0 aliphatic carbocycles. The van der Waals surface area contributed by atoms with E-state index in [4.69, 9.17) is 0 Å². The second-order valence-electron chi connectivity index (χ2n) is 5.20. The Morgan fingerprint density at radius 1 is 1.25 bits per heavy atom. The Hall–Kier alpha value is -1.36. The summed E-state index contributed by atoms with van der Waals surface area (Å²) in [6.45, 7) is 4.50. The number of benzene rings is 1. The Bertz CT molecular complexity index is 578. The van der Waals surface area contributed by atoms with Gasteiger partial charge in [-0.25, -0.2) is 8.42 Å². The number of hydrogen-bond donors (Lipinski definition) is 0. The molecule has 1 saturated heterocycles. The smallest absolute Gasteiger partial charge is 0.254 e. The van der Waals surface area contributed by atoms with Crippen LogP contribution in [0.3, 0.4) is 0 Å². The molecular weight excluding hydrogens is 274 g/mol. The number of rotatable bonds is 4. The van der Waals surface area contributed by atoms with Gasteiger partial charge in [0.25, 0.3) is 5.91 Å². The number of hydrogen-bond acceptors (Lipinski definition) is 3. The second-order valence-corrected chi connectivity index (χ2v) is 7.43. The fourth-order valence-electron chi connectivity index (χ4n) is 2.64. The summed E-state index contributed by atoms with van der Waals surface area (Å²) in [6, 6.07) is 7.38. The molecule has 4 nitrogen and oxygen atoms in total. The number of carbonyl (C=O) groups excluding carboxylic acids is 1. The van der Waals surface area contributed by atoms with E-state index < -0.39 is 9.84 Å². The molecular formula is C15H21NO3S. The van der Waals surface area contributed by atoms with E-state index >= 15 is 0 Å². The van der Waals surface area contributed by atoms with Gasteiger partial charge in [0, 0.05) is 18.2 Å². The molecule has 0 N–H and O–H groups in total. The first-order valence-electron chi connectivity index (χ1n) is 7.07. The first-order valence-corrected chi connectivity index (χ1v) is 8.89. The topological polar surface area (TPSA) is 54.5 Å². The molecule has 1 heterocycles. The van der Waals surface area contributed by atoms with Crippen molar-refractivity contribution < 1.29 is 13.2 Å². The van der Waals surface area contributed by atoms with E-state index in [1.54, 1.807) is 4.90 Å². The average molecular weight is 295 g/mol. The van der Waals surface area contributed by atoms with E-state index in [0.717, 1.165) is 6.42 Å². The average Bonchev–Trinajstić information content (AvgIpc) is 2.79. The van der Waals surface area contributed by atoms with Crippen LogP contribution in [0.1, 0.15) is 36.2 Å². The Morgan fingerprint density at radius 2 is 1.90 bits per heavy atom. The highest BCUT2D eigenvalue weighted by Crippen LogP contribution is 2.20. The lowest BCUT2D eigenvalue weighted by atomic mass is 10.1. The van der Waals surface area contributed by atoms with Gasteiger partial charge in [0.1, 0.15) is 0 Å². The molecule has 1 atom stereocenters. The molecule has 1 fully saturated rings. The Morgan fingerprint density at radius 3 is 2.35 bits per heavy atom. The van der Waals surface area contributed by atoms with Crippen LogP contribution in [0, 0.1) is 0 Å². The van der Waals surface area contributed by atoms with Gasteiger partial charge >= 0.3 is 0 Å². The van der Waals surface area contributed by atoms with Gasteiger partial charge in [-0.2, -0.15) is 0 Å². The van der Waals surface area contributed by atoms with Gasteiger partial charge in [0.05, 0.1) is 11.5 Å². The van der Waals surface area contributed by atoms with E-state index in [0.29, 0.717) is 18.5 Å². The lowest BCUT2D eigenvalue weighted by Gasteiger charge is -2.27. The lowest BCUT2D eigenvalue weighted by molar-refractivity contribution is 0.0708. The predicted molar refractivity (Wildman–Crippen MR) is 79.6 cm³/mol. The van der Waals surface area contributed by atoms with Crippen molar-refractivity contribution in [2.24, 2.45) is 0 Å². The standard InChI is InChI=1S/C15H21NO3S/c1-3-12-5-7-13(8-6-12)15(17)16(4-2)14-9-10-20(18,19)11-14/h5-8,14H,3-4,9-11H2,1-2H3. The third-order valence-electron chi connectivity index (χ3n) is 3.86. The van der Waals surface area contributed by atoms with Crippen LogP contribution in [0.25, 0.3) is 0 Å². The normalized spacial score (nSPS) is 20.8. The summed E-state index contributed by atoms with van der Waals surface area (Å²) in [6.07, 6.45) is 1.49. The monoisotopic (exact) mass is 295 g/mol. The van der Waals surface area contributed by atoms with Crippen LogP contribution in [-0.4, -0.2) is 43.3 Å². The van der Waals surface area contributed by atoms with Gasteiger partial charge < -0.3 is 4.90 Å². The fourth-order valence-corrected chi connectivity index (χ4v) is 4.37. The van der Waals surface area contributed by atoms with Gasteiger partial charge in [-0.3, -0.25) is 4.79 Å². The molecule has 0 radical (unpaired) electrons. The molecule has 20 heavy (non-hydrogen) atoms. The molecule has 1 aromatic carbocycles. The van der Waals surface area contributed by atoms with Crippen LogP contribution in [0.4, 0.5) is 0 Å². The molecule has 0 bridgehead atoms. The zero-order valence-electron chi connectivity index (χ0n) is 12.0. The number of aryl methyl sites for hydroxylation is 1. The van der Waals surface area contributed by atoms with E-state index in [9.17, 15) is 13.2 Å². The third kappa shape index (κ3) is 3.20. The number of amides is 1. The summed E-state index contributed by atoms with van der Waals surface area (Å²) in [5, 5.41) is 0. The molecule has 1 aliphatic heterocycles. The number of nitrogens with zero attached hydrogens (tertiary/aromatic N) is 1. The Labute approximate surface area is 120 Å². The second kappa shape index (κ2) is 5.95. The van der Waals surface area contributed by atoms with Gasteiger partial charge in [0.15, 0.2) is 9.84 Å². The van der Waals surface area contributed by atoms with E-state index in [2.05, 4.69) is 6.92 Å². The highest BCUT2D eigenvalue weighted by molar-refractivity contribution is 7.91. The molecule has 1 amide bonds. The van der Waals surface area contributed by atoms with Crippen molar-refractivity contribution in [2.45, 2.75) is 32.7 Å². The molecule has 0 saturated carbocycles. The minimum absolute atomic E-state index is 0.0720. The maximum absolute atomic E-state index is 12.5. The summed E-state index contributed by atoms with van der Waals surface area (Å²) in [7, 11) is -2.97. The minimum Gasteiger partial charge on any atom is -0.335 e. The quantitative estimate of drug-likeness (QED) is 0.852.